The number of amides is 1. The summed E-state index contributed by atoms with van der Waals surface area (Å²) in [6.45, 7) is 4.64. The largest absolute Gasteiger partial charge is 0.496 e. The molecule has 3 rings (SSSR count). The Hall–Kier alpha value is -3.22. The summed E-state index contributed by atoms with van der Waals surface area (Å²) >= 11 is 0.910. The van der Waals surface area contributed by atoms with Crippen LogP contribution >= 0.6 is 11.8 Å². The number of rotatable bonds is 5. The third-order valence-corrected chi connectivity index (χ3v) is 6.59. The van der Waals surface area contributed by atoms with Gasteiger partial charge in [0.05, 0.1) is 24.7 Å². The number of fused-ring (bicyclic) bond motifs is 1. The minimum Gasteiger partial charge on any atom is -0.496 e. The number of ketones is 1. The van der Waals surface area contributed by atoms with Crippen LogP contribution < -0.4 is 10.1 Å². The highest BCUT2D eigenvalue weighted by molar-refractivity contribution is 8.03. The van der Waals surface area contributed by atoms with Crippen molar-refractivity contribution >= 4 is 29.6 Å². The Kier molecular flexibility index (Phi) is 8.15. The molecule has 0 aromatic heterocycles. The molecule has 0 radical (unpaired) electrons. The smallest absolute Gasteiger partial charge is 0.419 e. The van der Waals surface area contributed by atoms with Gasteiger partial charge in [0.2, 0.25) is 0 Å². The quantitative estimate of drug-likeness (QED) is 0.431. The van der Waals surface area contributed by atoms with E-state index in [1.54, 1.807) is 20.8 Å². The third kappa shape index (κ3) is 6.38. The first-order valence-corrected chi connectivity index (χ1v) is 12.0. The number of halogens is 4. The monoisotopic (exact) mass is 546 g/mol. The molecule has 0 bridgehead atoms. The standard InChI is InChI=1S/C24H26F4N2O6S/c1-23(2,3)36-22(33)29-15-11-37-20-17(25)13(21(32)35-5)10-30(18(20)19(15)31)9-12-6-7-16(34-4)14(8-12)24(26,27)28/h6-8,10,15,18H,9,11H2,1-5H3,(H,29,33)/t15-,18?/m0/s1. The Bertz CT molecular complexity index is 1160. The van der Waals surface area contributed by atoms with Gasteiger partial charge in [-0.3, -0.25) is 4.79 Å². The van der Waals surface area contributed by atoms with Crippen LogP contribution in [0.2, 0.25) is 0 Å². The molecule has 2 aliphatic rings. The molecule has 202 valence electrons. The fourth-order valence-electron chi connectivity index (χ4n) is 3.82. The van der Waals surface area contributed by atoms with Gasteiger partial charge in [-0.15, -0.1) is 11.8 Å². The van der Waals surface area contributed by atoms with Crippen LogP contribution in [-0.2, 0) is 31.8 Å². The maximum atomic E-state index is 15.3. The first-order chi connectivity index (χ1) is 17.2. The summed E-state index contributed by atoms with van der Waals surface area (Å²) in [7, 11) is 2.16. The highest BCUT2D eigenvalue weighted by atomic mass is 32.2. The molecule has 2 heterocycles. The number of hydrogen-bond donors (Lipinski definition) is 1. The van der Waals surface area contributed by atoms with E-state index in [-0.39, 0.29) is 22.8 Å². The molecule has 2 atom stereocenters. The lowest BCUT2D eigenvalue weighted by atomic mass is 9.97. The molecule has 0 spiro atoms. The zero-order valence-electron chi connectivity index (χ0n) is 20.7. The van der Waals surface area contributed by atoms with Crippen molar-refractivity contribution in [3.05, 3.63) is 51.8 Å². The van der Waals surface area contributed by atoms with Gasteiger partial charge in [0.15, 0.2) is 11.6 Å². The maximum absolute atomic E-state index is 15.3. The van der Waals surface area contributed by atoms with Crippen molar-refractivity contribution in [1.29, 1.82) is 0 Å². The minimum absolute atomic E-state index is 0.0413. The van der Waals surface area contributed by atoms with Crippen LogP contribution in [0, 0.1) is 0 Å². The van der Waals surface area contributed by atoms with Crippen LogP contribution in [0.15, 0.2) is 40.7 Å². The van der Waals surface area contributed by atoms with E-state index in [0.717, 1.165) is 44.3 Å². The van der Waals surface area contributed by atoms with Crippen LogP contribution in [0.25, 0.3) is 0 Å². The summed E-state index contributed by atoms with van der Waals surface area (Å²) in [4.78, 5) is 39.0. The summed E-state index contributed by atoms with van der Waals surface area (Å²) < 4.78 is 70.6. The van der Waals surface area contributed by atoms with Gasteiger partial charge in [0.1, 0.15) is 29.0 Å². The van der Waals surface area contributed by atoms with Crippen LogP contribution in [-0.4, -0.2) is 60.4 Å². The molecule has 1 aromatic rings. The average molecular weight is 547 g/mol. The number of Topliss-reactive ketones (excluding diaryl/α,β-unsaturated/α-hetero) is 1. The number of hydrogen-bond acceptors (Lipinski definition) is 8. The van der Waals surface area contributed by atoms with Crippen molar-refractivity contribution in [2.45, 2.75) is 51.2 Å². The second kappa shape index (κ2) is 10.6. The topological polar surface area (TPSA) is 94.2 Å². The molecule has 8 nitrogen and oxygen atoms in total. The number of nitrogens with one attached hydrogen (secondary N) is 1. The molecule has 37 heavy (non-hydrogen) atoms. The number of alkyl carbamates (subject to hydrolysis) is 1. The van der Waals surface area contributed by atoms with Gasteiger partial charge in [0.25, 0.3) is 0 Å². The third-order valence-electron chi connectivity index (χ3n) is 5.38. The lowest BCUT2D eigenvalue weighted by Crippen LogP contribution is -2.55. The molecular formula is C24H26F4N2O6S. The highest BCUT2D eigenvalue weighted by Crippen LogP contribution is 2.42. The number of methoxy groups -OCH3 is 2. The molecule has 0 saturated carbocycles. The van der Waals surface area contributed by atoms with Crippen molar-refractivity contribution in [2.24, 2.45) is 0 Å². The second-order valence-electron chi connectivity index (χ2n) is 9.23. The van der Waals surface area contributed by atoms with Crippen molar-refractivity contribution in [2.75, 3.05) is 20.0 Å². The van der Waals surface area contributed by atoms with E-state index in [0.29, 0.717) is 0 Å². The molecular weight excluding hydrogens is 520 g/mol. The highest BCUT2D eigenvalue weighted by Gasteiger charge is 2.45. The Balaban J connectivity index is 1.98. The van der Waals surface area contributed by atoms with Crippen LogP contribution in [0.1, 0.15) is 31.9 Å². The minimum atomic E-state index is -4.72. The number of ether oxygens (including phenoxy) is 3. The SMILES string of the molecule is COC(=O)C1=CN(Cc2ccc(OC)c(C(F)(F)F)c2)C2C(=O)[C@@H](NC(=O)OC(C)(C)C)CSC2=C1F. The van der Waals surface area contributed by atoms with Crippen LogP contribution in [0.4, 0.5) is 22.4 Å². The predicted octanol–water partition coefficient (Wildman–Crippen LogP) is 4.35. The Morgan fingerprint density at radius 1 is 1.19 bits per heavy atom. The molecule has 1 fully saturated rings. The van der Waals surface area contributed by atoms with Gasteiger partial charge in [-0.1, -0.05) is 6.07 Å². The summed E-state index contributed by atoms with van der Waals surface area (Å²) in [6.07, 6.45) is -4.52. The molecule has 1 saturated heterocycles. The molecule has 1 N–H and O–H groups in total. The zero-order valence-corrected chi connectivity index (χ0v) is 21.5. The van der Waals surface area contributed by atoms with Gasteiger partial charge >= 0.3 is 18.2 Å². The summed E-state index contributed by atoms with van der Waals surface area (Å²) in [6, 6.07) is 0.983. The summed E-state index contributed by atoms with van der Waals surface area (Å²) in [5, 5.41) is 2.47. The van der Waals surface area contributed by atoms with Gasteiger partial charge in [0, 0.05) is 18.5 Å². The van der Waals surface area contributed by atoms with E-state index < -0.39 is 64.4 Å². The van der Waals surface area contributed by atoms with E-state index in [9.17, 15) is 27.6 Å². The first kappa shape index (κ1) is 28.4. The van der Waals surface area contributed by atoms with Crippen molar-refractivity contribution in [3.8, 4) is 5.75 Å². The van der Waals surface area contributed by atoms with Crippen LogP contribution in [0.3, 0.4) is 0 Å². The maximum Gasteiger partial charge on any atom is 0.419 e. The molecule has 1 unspecified atom stereocenters. The Morgan fingerprint density at radius 3 is 2.43 bits per heavy atom. The number of esters is 1. The van der Waals surface area contributed by atoms with E-state index >= 15 is 4.39 Å². The fourth-order valence-corrected chi connectivity index (χ4v) is 5.06. The number of alkyl halides is 3. The van der Waals surface area contributed by atoms with E-state index in [4.69, 9.17) is 9.47 Å². The first-order valence-electron chi connectivity index (χ1n) is 11.0. The normalized spacial score (nSPS) is 20.2. The van der Waals surface area contributed by atoms with E-state index in [1.807, 2.05) is 0 Å². The van der Waals surface area contributed by atoms with Crippen molar-refractivity contribution in [1.82, 2.24) is 10.2 Å². The van der Waals surface area contributed by atoms with Gasteiger partial charge in [-0.05, 0) is 38.5 Å². The number of benzene rings is 1. The molecule has 0 aliphatic carbocycles. The molecule has 1 amide bonds. The summed E-state index contributed by atoms with van der Waals surface area (Å²) in [5.41, 5.74) is -2.21. The number of carbonyl (C=O) groups excluding carboxylic acids is 3. The second-order valence-corrected chi connectivity index (χ2v) is 10.3. The predicted molar refractivity (Wildman–Crippen MR) is 126 cm³/mol. The number of carbonyl (C=O) groups is 3. The van der Waals surface area contributed by atoms with E-state index in [1.165, 1.54) is 11.0 Å². The van der Waals surface area contributed by atoms with Crippen LogP contribution in [0.5, 0.6) is 5.75 Å². The van der Waals surface area contributed by atoms with Gasteiger partial charge in [-0.2, -0.15) is 13.2 Å². The Labute approximate surface area is 215 Å². The van der Waals surface area contributed by atoms with Gasteiger partial charge in [-0.25, -0.2) is 14.0 Å². The number of thioether (sulfide) groups is 1. The lowest BCUT2D eigenvalue weighted by Gasteiger charge is -2.40. The van der Waals surface area contributed by atoms with Crippen molar-refractivity contribution in [3.63, 3.8) is 0 Å². The summed E-state index contributed by atoms with van der Waals surface area (Å²) in [5.74, 6) is -3.02. The molecule has 2 aliphatic heterocycles. The molecule has 1 aromatic carbocycles. The number of nitrogens with zero attached hydrogens (tertiary/aromatic N) is 1. The zero-order chi connectivity index (χ0) is 27.7. The van der Waals surface area contributed by atoms with Gasteiger partial charge < -0.3 is 24.4 Å². The lowest BCUT2D eigenvalue weighted by molar-refractivity contribution is -0.139. The van der Waals surface area contributed by atoms with E-state index in [2.05, 4.69) is 10.1 Å². The fraction of sp³-hybridized carbons (Fsp3) is 0.458. The average Bonchev–Trinajstić information content (AvgIpc) is 2.80. The molecule has 13 heteroatoms. The van der Waals surface area contributed by atoms with Crippen molar-refractivity contribution < 1.29 is 46.2 Å². The Morgan fingerprint density at radius 2 is 1.86 bits per heavy atom.